The van der Waals surface area contributed by atoms with Crippen molar-refractivity contribution in [1.82, 2.24) is 4.98 Å². The van der Waals surface area contributed by atoms with Gasteiger partial charge in [-0.2, -0.15) is 0 Å². The molecule has 3 rings (SSSR count). The van der Waals surface area contributed by atoms with Gasteiger partial charge in [0.25, 0.3) is 0 Å². The molecule has 0 saturated carbocycles. The summed E-state index contributed by atoms with van der Waals surface area (Å²) in [6.07, 6.45) is 0. The fourth-order valence-electron chi connectivity index (χ4n) is 3.72. The van der Waals surface area contributed by atoms with Crippen molar-refractivity contribution in [3.8, 4) is 0 Å². The predicted molar refractivity (Wildman–Crippen MR) is 151 cm³/mol. The van der Waals surface area contributed by atoms with Crippen LogP contribution in [-0.4, -0.2) is 16.4 Å². The molecule has 0 aliphatic rings. The van der Waals surface area contributed by atoms with Crippen molar-refractivity contribution in [3.05, 3.63) is 104 Å². The molecule has 0 saturated heterocycles. The molecule has 2 aromatic carbocycles. The van der Waals surface area contributed by atoms with E-state index in [-0.39, 0.29) is 42.5 Å². The van der Waals surface area contributed by atoms with E-state index in [0.717, 1.165) is 34.2 Å². The van der Waals surface area contributed by atoms with Gasteiger partial charge in [-0.25, -0.2) is 4.98 Å². The maximum atomic E-state index is 4.94. The molecule has 0 aliphatic carbocycles. The maximum absolute atomic E-state index is 4.94. The van der Waals surface area contributed by atoms with Gasteiger partial charge < -0.3 is 14.9 Å². The molecule has 1 heterocycles. The summed E-state index contributed by atoms with van der Waals surface area (Å²) in [6.45, 7) is 17.3. The van der Waals surface area contributed by atoms with E-state index >= 15 is 0 Å². The van der Waals surface area contributed by atoms with Crippen LogP contribution in [0.3, 0.4) is 0 Å². The van der Waals surface area contributed by atoms with Gasteiger partial charge in [-0.1, -0.05) is 84.0 Å². The number of benzene rings is 2. The predicted octanol–water partition coefficient (Wildman–Crippen LogP) is 8.86. The van der Waals surface area contributed by atoms with E-state index in [2.05, 4.69) is 77.9 Å². The largest absolute Gasteiger partial charge is 2.00 e. The molecule has 3 nitrogen and oxygen atoms in total. The van der Waals surface area contributed by atoms with Gasteiger partial charge in [0, 0.05) is 0 Å². The zero-order chi connectivity index (χ0) is 23.5. The minimum absolute atomic E-state index is 0. The van der Waals surface area contributed by atoms with Crippen molar-refractivity contribution >= 4 is 22.8 Å². The number of aliphatic imine (C=N–C) groups is 2. The Morgan fingerprint density at radius 1 is 0.571 bits per heavy atom. The smallest absolute Gasteiger partial charge is 0.358 e. The number of rotatable bonds is 4. The molecule has 0 atom stereocenters. The third-order valence-electron chi connectivity index (χ3n) is 5.49. The topological polar surface area (TPSA) is 37.6 Å². The molecule has 3 aromatic rings. The monoisotopic (exact) mass is 514 g/mol. The van der Waals surface area contributed by atoms with Crippen LogP contribution in [0.1, 0.15) is 77.9 Å². The third kappa shape index (κ3) is 8.26. The molecule has 1 aromatic heterocycles. The molecular weight excluding hydrogens is 473 g/mol. The van der Waals surface area contributed by atoms with E-state index < -0.39 is 0 Å². The Labute approximate surface area is 224 Å². The standard InChI is InChI=1S/C29H35N3.2CH3.Co/c1-20(30-26-16-11-9-14-22(26)28(3,4)5)24-18-13-19-25(32-24)21(2)31-27-17-12-10-15-23(27)29(6,7)8;;;/h9-19H,1-8H3;2*1H3;/q;2*-1;+2. The molecule has 0 amide bonds. The van der Waals surface area contributed by atoms with E-state index in [0.29, 0.717) is 0 Å². The van der Waals surface area contributed by atoms with Crippen LogP contribution >= 0.6 is 0 Å². The van der Waals surface area contributed by atoms with Crippen LogP contribution < -0.4 is 0 Å². The second kappa shape index (κ2) is 12.9. The Hall–Kier alpha value is -2.56. The first-order valence-corrected chi connectivity index (χ1v) is 11.2. The van der Waals surface area contributed by atoms with Crippen LogP contribution in [0, 0.1) is 14.9 Å². The molecule has 189 valence electrons. The number of pyridine rings is 1. The molecule has 1 radical (unpaired) electrons. The third-order valence-corrected chi connectivity index (χ3v) is 5.49. The Kier molecular flexibility index (Phi) is 12.0. The van der Waals surface area contributed by atoms with Crippen molar-refractivity contribution in [2.24, 2.45) is 9.98 Å². The summed E-state index contributed by atoms with van der Waals surface area (Å²) < 4.78 is 0. The number of nitrogens with zero attached hydrogens (tertiary/aromatic N) is 3. The number of aromatic nitrogens is 1. The quantitative estimate of drug-likeness (QED) is 0.253. The summed E-state index contributed by atoms with van der Waals surface area (Å²) in [6, 6.07) is 22.7. The summed E-state index contributed by atoms with van der Waals surface area (Å²) >= 11 is 0. The summed E-state index contributed by atoms with van der Waals surface area (Å²) in [5.74, 6) is 0. The minimum Gasteiger partial charge on any atom is -0.358 e. The second-order valence-electron chi connectivity index (χ2n) is 10.3. The maximum Gasteiger partial charge on any atom is 2.00 e. The summed E-state index contributed by atoms with van der Waals surface area (Å²) in [5, 5.41) is 0. The Morgan fingerprint density at radius 2 is 0.914 bits per heavy atom. The molecular formula is C31H41CoN3. The van der Waals surface area contributed by atoms with Crippen LogP contribution in [0.4, 0.5) is 11.4 Å². The number of hydrogen-bond donors (Lipinski definition) is 0. The summed E-state index contributed by atoms with van der Waals surface area (Å²) in [5.41, 5.74) is 8.02. The fourth-order valence-corrected chi connectivity index (χ4v) is 3.72. The molecule has 0 aliphatic heterocycles. The van der Waals surface area contributed by atoms with Gasteiger partial charge in [0.15, 0.2) is 0 Å². The molecule has 0 fully saturated rings. The van der Waals surface area contributed by atoms with Gasteiger partial charge >= 0.3 is 16.8 Å². The molecule has 0 spiro atoms. The van der Waals surface area contributed by atoms with Crippen LogP contribution in [0.15, 0.2) is 76.7 Å². The van der Waals surface area contributed by atoms with Gasteiger partial charge in [0.05, 0.1) is 34.2 Å². The fraction of sp³-hybridized carbons (Fsp3) is 0.323. The summed E-state index contributed by atoms with van der Waals surface area (Å²) in [4.78, 5) is 14.8. The van der Waals surface area contributed by atoms with E-state index in [1.165, 1.54) is 11.1 Å². The molecule has 0 N–H and O–H groups in total. The molecule has 35 heavy (non-hydrogen) atoms. The van der Waals surface area contributed by atoms with Crippen molar-refractivity contribution in [2.45, 2.75) is 66.2 Å². The molecule has 0 bridgehead atoms. The van der Waals surface area contributed by atoms with Crippen LogP contribution in [0.25, 0.3) is 0 Å². The average molecular weight is 515 g/mol. The van der Waals surface area contributed by atoms with Gasteiger partial charge in [0.2, 0.25) is 0 Å². The minimum atomic E-state index is 0. The van der Waals surface area contributed by atoms with Gasteiger partial charge in [-0.3, -0.25) is 9.98 Å². The Balaban J connectivity index is 0.00000385. The Bertz CT molecular complexity index is 1070. The second-order valence-corrected chi connectivity index (χ2v) is 10.3. The van der Waals surface area contributed by atoms with Gasteiger partial charge in [0.1, 0.15) is 0 Å². The van der Waals surface area contributed by atoms with E-state index in [1.807, 2.05) is 44.2 Å². The van der Waals surface area contributed by atoms with Crippen molar-refractivity contribution in [3.63, 3.8) is 0 Å². The first-order chi connectivity index (χ1) is 15.0. The van der Waals surface area contributed by atoms with Crippen molar-refractivity contribution < 1.29 is 16.8 Å². The van der Waals surface area contributed by atoms with Crippen LogP contribution in [0.5, 0.6) is 0 Å². The van der Waals surface area contributed by atoms with E-state index in [9.17, 15) is 0 Å². The average Bonchev–Trinajstić information content (AvgIpc) is 2.73. The van der Waals surface area contributed by atoms with Gasteiger partial charge in [-0.15, -0.1) is 0 Å². The number of hydrogen-bond acceptors (Lipinski definition) is 3. The summed E-state index contributed by atoms with van der Waals surface area (Å²) in [7, 11) is 0. The Morgan fingerprint density at radius 3 is 1.26 bits per heavy atom. The van der Waals surface area contributed by atoms with E-state index in [1.54, 1.807) is 0 Å². The number of para-hydroxylation sites is 2. The van der Waals surface area contributed by atoms with Crippen LogP contribution in [0.2, 0.25) is 0 Å². The zero-order valence-corrected chi connectivity index (χ0v) is 24.1. The van der Waals surface area contributed by atoms with E-state index in [4.69, 9.17) is 15.0 Å². The zero-order valence-electron chi connectivity index (χ0n) is 23.0. The molecule has 4 heteroatoms. The normalized spacial score (nSPS) is 12.2. The first kappa shape index (κ1) is 32.4. The van der Waals surface area contributed by atoms with Crippen molar-refractivity contribution in [1.29, 1.82) is 0 Å². The van der Waals surface area contributed by atoms with Crippen molar-refractivity contribution in [2.75, 3.05) is 0 Å². The molecule has 0 unspecified atom stereocenters. The first-order valence-electron chi connectivity index (χ1n) is 11.2. The van der Waals surface area contributed by atoms with Gasteiger partial charge in [-0.05, 0) is 60.1 Å². The SMILES string of the molecule is CC(=Nc1ccccc1C(C)(C)C)c1cccc(C(C)=Nc2ccccc2C(C)(C)C)n1.[CH3-].[CH3-].[Co+2]. The van der Waals surface area contributed by atoms with Crippen LogP contribution in [-0.2, 0) is 27.6 Å².